The fourth-order valence-electron chi connectivity index (χ4n) is 3.11. The van der Waals surface area contributed by atoms with Crippen LogP contribution < -0.4 is 4.72 Å². The predicted molar refractivity (Wildman–Crippen MR) is 115 cm³/mol. The minimum Gasteiger partial charge on any atom is -0.345 e. The van der Waals surface area contributed by atoms with Crippen molar-refractivity contribution in [2.24, 2.45) is 0 Å². The number of nitrogens with zero attached hydrogens (tertiary/aromatic N) is 1. The lowest BCUT2D eigenvalue weighted by molar-refractivity contribution is -0.137. The fourth-order valence-corrected chi connectivity index (χ4v) is 3.77. The Morgan fingerprint density at radius 1 is 1.09 bits per heavy atom. The first kappa shape index (κ1) is 21.5. The molecular weight excluding hydrogens is 442 g/mol. The molecule has 32 heavy (non-hydrogen) atoms. The quantitative estimate of drug-likeness (QED) is 0.166. The largest absolute Gasteiger partial charge is 0.416 e. The highest BCUT2D eigenvalue weighted by Crippen LogP contribution is 2.32. The maximum atomic E-state index is 15.1. The molecule has 0 atom stereocenters. The van der Waals surface area contributed by atoms with Gasteiger partial charge in [-0.2, -0.15) is 13.2 Å². The van der Waals surface area contributed by atoms with E-state index in [0.29, 0.717) is 21.5 Å². The Morgan fingerprint density at radius 3 is 2.53 bits per heavy atom. The van der Waals surface area contributed by atoms with E-state index in [0.717, 1.165) is 24.1 Å². The number of nitrogens with one attached hydrogen (secondary N) is 2. The summed E-state index contributed by atoms with van der Waals surface area (Å²) >= 11 is 0.922. The fraction of sp³-hybridized carbons (Fsp3) is 0.0435. The molecule has 160 valence electrons. The number of rotatable bonds is 5. The lowest BCUT2D eigenvalue weighted by Gasteiger charge is -2.11. The second kappa shape index (κ2) is 8.40. The van der Waals surface area contributed by atoms with Crippen molar-refractivity contribution in [3.63, 3.8) is 0 Å². The summed E-state index contributed by atoms with van der Waals surface area (Å²) in [5, 5.41) is 0.428. The summed E-state index contributed by atoms with van der Waals surface area (Å²) in [6.45, 7) is 0. The first-order valence-corrected chi connectivity index (χ1v) is 9.97. The van der Waals surface area contributed by atoms with Crippen LogP contribution in [0.3, 0.4) is 0 Å². The molecule has 0 aliphatic heterocycles. The molecule has 2 aromatic heterocycles. The molecule has 0 saturated heterocycles. The molecule has 4 nitrogen and oxygen atoms in total. The summed E-state index contributed by atoms with van der Waals surface area (Å²) in [7, 11) is 0. The van der Waals surface area contributed by atoms with Gasteiger partial charge >= 0.3 is 6.18 Å². The van der Waals surface area contributed by atoms with Crippen LogP contribution in [0.5, 0.6) is 0 Å². The average Bonchev–Trinajstić information content (AvgIpc) is 3.22. The van der Waals surface area contributed by atoms with E-state index in [1.807, 2.05) is 0 Å². The minimum atomic E-state index is -4.44. The molecule has 4 rings (SSSR count). The van der Waals surface area contributed by atoms with E-state index in [1.54, 1.807) is 6.07 Å². The minimum absolute atomic E-state index is 0.0101. The molecule has 0 aliphatic carbocycles. The monoisotopic (exact) mass is 455 g/mol. The van der Waals surface area contributed by atoms with Gasteiger partial charge in [0, 0.05) is 28.2 Å². The van der Waals surface area contributed by atoms with E-state index in [2.05, 4.69) is 20.6 Å². The van der Waals surface area contributed by atoms with E-state index in [9.17, 15) is 18.0 Å². The van der Waals surface area contributed by atoms with Crippen LogP contribution in [0.2, 0.25) is 0 Å². The molecule has 4 aromatic rings. The first-order valence-electron chi connectivity index (χ1n) is 9.15. The van der Waals surface area contributed by atoms with Crippen molar-refractivity contribution in [1.82, 2.24) is 9.97 Å². The number of H-pyrrole nitrogens is 1. The number of aromatic nitrogens is 2. The zero-order valence-corrected chi connectivity index (χ0v) is 16.9. The molecule has 2 aromatic carbocycles. The molecule has 2 heterocycles. The van der Waals surface area contributed by atoms with Gasteiger partial charge in [0.05, 0.1) is 22.4 Å². The van der Waals surface area contributed by atoms with Crippen molar-refractivity contribution < 1.29 is 22.4 Å². The Hall–Kier alpha value is -3.77. The van der Waals surface area contributed by atoms with Gasteiger partial charge in [-0.25, -0.2) is 9.37 Å². The molecule has 2 N–H and O–H groups in total. The molecule has 0 spiro atoms. The normalized spacial score (nSPS) is 11.3. The van der Waals surface area contributed by atoms with Gasteiger partial charge in [0.15, 0.2) is 11.6 Å². The van der Waals surface area contributed by atoms with Crippen molar-refractivity contribution in [3.8, 4) is 12.3 Å². The van der Waals surface area contributed by atoms with Gasteiger partial charge in [-0.3, -0.25) is 4.79 Å². The van der Waals surface area contributed by atoms with Crippen molar-refractivity contribution in [2.45, 2.75) is 11.1 Å². The highest BCUT2D eigenvalue weighted by molar-refractivity contribution is 8.00. The number of anilines is 1. The number of ketones is 1. The van der Waals surface area contributed by atoms with Crippen LogP contribution in [0.1, 0.15) is 27.0 Å². The highest BCUT2D eigenvalue weighted by Gasteiger charge is 2.30. The predicted octanol–water partition coefficient (Wildman–Crippen LogP) is 6.05. The number of terminal acetylenes is 1. The number of hydrogen-bond donors (Lipinski definition) is 2. The third kappa shape index (κ3) is 4.05. The third-order valence-electron chi connectivity index (χ3n) is 4.68. The number of carbonyl (C=O) groups excluding carboxylic acids is 1. The molecule has 0 aliphatic rings. The van der Waals surface area contributed by atoms with Gasteiger partial charge in [0.25, 0.3) is 0 Å². The Balaban J connectivity index is 1.59. The van der Waals surface area contributed by atoms with Crippen LogP contribution in [-0.4, -0.2) is 15.8 Å². The Morgan fingerprint density at radius 2 is 1.84 bits per heavy atom. The SMILES string of the molecule is C#Cc1ccnc2[nH]cc(C(=O)c3cccc(NSc4ccc(C(F)(F)F)cc4)c3F)c12. The zero-order chi connectivity index (χ0) is 22.9. The van der Waals surface area contributed by atoms with Gasteiger partial charge in [0.2, 0.25) is 0 Å². The summed E-state index contributed by atoms with van der Waals surface area (Å²) < 4.78 is 55.9. The van der Waals surface area contributed by atoms with Crippen LogP contribution in [0.25, 0.3) is 11.0 Å². The van der Waals surface area contributed by atoms with Crippen LogP contribution >= 0.6 is 11.9 Å². The van der Waals surface area contributed by atoms with Crippen LogP contribution in [0, 0.1) is 18.2 Å². The van der Waals surface area contributed by atoms with E-state index in [-0.39, 0.29) is 16.8 Å². The van der Waals surface area contributed by atoms with Crippen LogP contribution in [0.15, 0.2) is 65.8 Å². The number of benzene rings is 2. The molecule has 0 saturated carbocycles. The van der Waals surface area contributed by atoms with E-state index < -0.39 is 23.3 Å². The topological polar surface area (TPSA) is 57.8 Å². The Kier molecular flexibility index (Phi) is 5.63. The average molecular weight is 455 g/mol. The second-order valence-corrected chi connectivity index (χ2v) is 7.53. The van der Waals surface area contributed by atoms with Crippen molar-refractivity contribution in [3.05, 3.63) is 89.0 Å². The van der Waals surface area contributed by atoms with Gasteiger partial charge in [-0.15, -0.1) is 6.42 Å². The van der Waals surface area contributed by atoms with Gasteiger partial charge in [-0.1, -0.05) is 12.0 Å². The molecule has 0 fully saturated rings. The first-order chi connectivity index (χ1) is 15.3. The van der Waals surface area contributed by atoms with E-state index in [4.69, 9.17) is 6.42 Å². The number of alkyl halides is 3. The van der Waals surface area contributed by atoms with Crippen LogP contribution in [-0.2, 0) is 6.18 Å². The Labute approximate surface area is 184 Å². The summed E-state index contributed by atoms with van der Waals surface area (Å²) in [5.74, 6) is 1.11. The Bertz CT molecular complexity index is 1350. The van der Waals surface area contributed by atoms with Crippen molar-refractivity contribution in [1.29, 1.82) is 0 Å². The summed E-state index contributed by atoms with van der Waals surface area (Å²) in [6, 6.07) is 10.3. The molecule has 0 bridgehead atoms. The number of carbonyl (C=O) groups is 1. The smallest absolute Gasteiger partial charge is 0.345 e. The summed E-state index contributed by atoms with van der Waals surface area (Å²) in [5.41, 5.74) is 0.0998. The third-order valence-corrected chi connectivity index (χ3v) is 5.51. The number of hydrogen-bond acceptors (Lipinski definition) is 4. The van der Waals surface area contributed by atoms with Crippen molar-refractivity contribution >= 4 is 34.5 Å². The number of fused-ring (bicyclic) bond motifs is 1. The van der Waals surface area contributed by atoms with Crippen LogP contribution in [0.4, 0.5) is 23.2 Å². The summed E-state index contributed by atoms with van der Waals surface area (Å²) in [4.78, 5) is 20.5. The molecule has 0 amide bonds. The van der Waals surface area contributed by atoms with E-state index in [1.165, 1.54) is 42.7 Å². The maximum absolute atomic E-state index is 15.1. The zero-order valence-electron chi connectivity index (χ0n) is 16.1. The molecule has 9 heteroatoms. The number of aromatic amines is 1. The number of halogens is 4. The lowest BCUT2D eigenvalue weighted by Crippen LogP contribution is -2.06. The highest BCUT2D eigenvalue weighted by atomic mass is 32.2. The number of pyridine rings is 1. The van der Waals surface area contributed by atoms with Gasteiger partial charge in [-0.05, 0) is 54.4 Å². The lowest BCUT2D eigenvalue weighted by atomic mass is 10.00. The van der Waals surface area contributed by atoms with Gasteiger partial charge in [0.1, 0.15) is 5.65 Å². The summed E-state index contributed by atoms with van der Waals surface area (Å²) in [6.07, 6.45) is 4.01. The second-order valence-electron chi connectivity index (χ2n) is 6.65. The van der Waals surface area contributed by atoms with E-state index >= 15 is 4.39 Å². The molecule has 0 unspecified atom stereocenters. The van der Waals surface area contributed by atoms with Gasteiger partial charge < -0.3 is 9.71 Å². The molecule has 0 radical (unpaired) electrons. The standard InChI is InChI=1S/C23H13F4N3OS/c1-2-13-10-11-28-22-19(13)17(12-29-22)21(31)16-4-3-5-18(20(16)24)30-32-15-8-6-14(7-9-15)23(25,26)27/h1,3-12,30H,(H,28,29). The van der Waals surface area contributed by atoms with Crippen molar-refractivity contribution in [2.75, 3.05) is 4.72 Å². The molecular formula is C23H13F4N3OS. The maximum Gasteiger partial charge on any atom is 0.416 e.